The van der Waals surface area contributed by atoms with E-state index in [1.165, 1.54) is 11.1 Å². The molecule has 1 aliphatic rings. The van der Waals surface area contributed by atoms with Crippen LogP contribution in [0.25, 0.3) is 5.57 Å². The van der Waals surface area contributed by atoms with Crippen LogP contribution in [0.5, 0.6) is 0 Å². The van der Waals surface area contributed by atoms with Gasteiger partial charge < -0.3 is 4.90 Å². The van der Waals surface area contributed by atoms with E-state index < -0.39 is 0 Å². The van der Waals surface area contributed by atoms with Gasteiger partial charge >= 0.3 is 0 Å². The standard InChI is InChI=1S/C25H21NO2/c27-24(21-11-5-2-6-12-21)22-13-7-8-14-23(22)25(28)26-17-15-20(16-18-26)19-9-3-1-4-10-19/h1-15H,16-18H2. The maximum absolute atomic E-state index is 13.1. The van der Waals surface area contributed by atoms with E-state index in [0.29, 0.717) is 29.8 Å². The lowest BCUT2D eigenvalue weighted by molar-refractivity contribution is 0.0768. The Bertz CT molecular complexity index is 1020. The molecule has 0 unspecified atom stereocenters. The van der Waals surface area contributed by atoms with Crippen LogP contribution in [0.2, 0.25) is 0 Å². The molecule has 3 nitrogen and oxygen atoms in total. The third kappa shape index (κ3) is 3.65. The minimum atomic E-state index is -0.123. The van der Waals surface area contributed by atoms with Crippen LogP contribution in [0.15, 0.2) is 91.0 Å². The van der Waals surface area contributed by atoms with Gasteiger partial charge in [0.25, 0.3) is 5.91 Å². The van der Waals surface area contributed by atoms with Crippen molar-refractivity contribution in [2.45, 2.75) is 6.42 Å². The molecule has 0 radical (unpaired) electrons. The van der Waals surface area contributed by atoms with Crippen molar-refractivity contribution in [1.82, 2.24) is 4.90 Å². The second-order valence-electron chi connectivity index (χ2n) is 6.84. The summed E-state index contributed by atoms with van der Waals surface area (Å²) in [6.07, 6.45) is 2.92. The Morgan fingerprint density at radius 3 is 1.96 bits per heavy atom. The van der Waals surface area contributed by atoms with Gasteiger partial charge in [0.1, 0.15) is 0 Å². The van der Waals surface area contributed by atoms with Gasteiger partial charge in [-0.2, -0.15) is 0 Å². The summed E-state index contributed by atoms with van der Waals surface area (Å²) in [4.78, 5) is 27.9. The molecule has 0 fully saturated rings. The van der Waals surface area contributed by atoms with Crippen molar-refractivity contribution < 1.29 is 9.59 Å². The maximum Gasteiger partial charge on any atom is 0.254 e. The van der Waals surface area contributed by atoms with Gasteiger partial charge in [0, 0.05) is 24.2 Å². The van der Waals surface area contributed by atoms with Crippen molar-refractivity contribution >= 4 is 17.3 Å². The normalized spacial score (nSPS) is 13.7. The number of hydrogen-bond donors (Lipinski definition) is 0. The monoisotopic (exact) mass is 367 g/mol. The summed E-state index contributed by atoms with van der Waals surface area (Å²) in [6.45, 7) is 1.20. The van der Waals surface area contributed by atoms with Crippen LogP contribution in [-0.4, -0.2) is 29.7 Å². The molecule has 1 amide bonds. The molecule has 0 bridgehead atoms. The molecule has 3 aromatic rings. The topological polar surface area (TPSA) is 37.4 Å². The number of nitrogens with zero attached hydrogens (tertiary/aromatic N) is 1. The molecule has 0 spiro atoms. The molecule has 0 atom stereocenters. The molecule has 3 aromatic carbocycles. The van der Waals surface area contributed by atoms with Crippen LogP contribution in [0.3, 0.4) is 0 Å². The van der Waals surface area contributed by atoms with Crippen LogP contribution in [0.4, 0.5) is 0 Å². The number of rotatable bonds is 4. The first-order valence-electron chi connectivity index (χ1n) is 9.46. The van der Waals surface area contributed by atoms with E-state index in [-0.39, 0.29) is 11.7 Å². The summed E-state index contributed by atoms with van der Waals surface area (Å²) in [6, 6.07) is 26.4. The van der Waals surface area contributed by atoms with Gasteiger partial charge in [0.15, 0.2) is 5.78 Å². The van der Waals surface area contributed by atoms with Crippen LogP contribution < -0.4 is 0 Å². The Labute approximate surface area is 164 Å². The van der Waals surface area contributed by atoms with Gasteiger partial charge in [-0.1, -0.05) is 84.9 Å². The minimum Gasteiger partial charge on any atom is -0.335 e. The van der Waals surface area contributed by atoms with Gasteiger partial charge in [0.2, 0.25) is 0 Å². The van der Waals surface area contributed by atoms with Crippen molar-refractivity contribution in [2.24, 2.45) is 0 Å². The van der Waals surface area contributed by atoms with E-state index in [1.54, 1.807) is 30.3 Å². The van der Waals surface area contributed by atoms with Gasteiger partial charge in [0.05, 0.1) is 5.56 Å². The highest BCUT2D eigenvalue weighted by atomic mass is 16.2. The third-order valence-corrected chi connectivity index (χ3v) is 5.08. The van der Waals surface area contributed by atoms with Crippen LogP contribution >= 0.6 is 0 Å². The van der Waals surface area contributed by atoms with E-state index in [9.17, 15) is 9.59 Å². The third-order valence-electron chi connectivity index (χ3n) is 5.08. The summed E-state index contributed by atoms with van der Waals surface area (Å²) in [5.41, 5.74) is 3.98. The van der Waals surface area contributed by atoms with E-state index in [4.69, 9.17) is 0 Å². The van der Waals surface area contributed by atoms with Crippen LogP contribution in [0.1, 0.15) is 38.3 Å². The molecule has 3 heteroatoms. The van der Waals surface area contributed by atoms with Crippen LogP contribution in [0, 0.1) is 0 Å². The predicted octanol–water partition coefficient (Wildman–Crippen LogP) is 4.85. The summed E-state index contributed by atoms with van der Waals surface area (Å²) in [7, 11) is 0. The largest absolute Gasteiger partial charge is 0.335 e. The van der Waals surface area contributed by atoms with Gasteiger partial charge in [-0.05, 0) is 23.6 Å². The zero-order valence-electron chi connectivity index (χ0n) is 15.5. The molecule has 0 saturated heterocycles. The summed E-state index contributed by atoms with van der Waals surface area (Å²) < 4.78 is 0. The van der Waals surface area contributed by atoms with Gasteiger partial charge in [-0.25, -0.2) is 0 Å². The molecular formula is C25H21NO2. The fourth-order valence-corrected chi connectivity index (χ4v) is 3.55. The molecule has 0 N–H and O–H groups in total. The molecule has 28 heavy (non-hydrogen) atoms. The van der Waals surface area contributed by atoms with Crippen molar-refractivity contribution in [2.75, 3.05) is 13.1 Å². The molecular weight excluding hydrogens is 346 g/mol. The molecule has 0 aliphatic carbocycles. The predicted molar refractivity (Wildman–Crippen MR) is 111 cm³/mol. The van der Waals surface area contributed by atoms with E-state index in [1.807, 2.05) is 47.4 Å². The summed E-state index contributed by atoms with van der Waals surface area (Å²) >= 11 is 0. The first-order chi connectivity index (χ1) is 13.7. The molecule has 0 aromatic heterocycles. The number of carbonyl (C=O) groups is 2. The summed E-state index contributed by atoms with van der Waals surface area (Å²) in [5, 5.41) is 0. The molecule has 138 valence electrons. The molecule has 4 rings (SSSR count). The van der Waals surface area contributed by atoms with Crippen LogP contribution in [-0.2, 0) is 0 Å². The average molecular weight is 367 g/mol. The number of ketones is 1. The lowest BCUT2D eigenvalue weighted by Gasteiger charge is -2.27. The van der Waals surface area contributed by atoms with Crippen molar-refractivity contribution in [3.8, 4) is 0 Å². The van der Waals surface area contributed by atoms with Crippen molar-refractivity contribution in [1.29, 1.82) is 0 Å². The average Bonchev–Trinajstić information content (AvgIpc) is 2.79. The lowest BCUT2D eigenvalue weighted by Crippen LogP contribution is -2.35. The Hall–Kier alpha value is -3.46. The van der Waals surface area contributed by atoms with E-state index in [2.05, 4.69) is 18.2 Å². The van der Waals surface area contributed by atoms with Gasteiger partial charge in [-0.3, -0.25) is 9.59 Å². The Balaban J connectivity index is 1.57. The first-order valence-corrected chi connectivity index (χ1v) is 9.46. The fourth-order valence-electron chi connectivity index (χ4n) is 3.55. The second kappa shape index (κ2) is 8.05. The molecule has 1 heterocycles. The summed E-state index contributed by atoms with van der Waals surface area (Å²) in [5.74, 6) is -0.217. The smallest absolute Gasteiger partial charge is 0.254 e. The number of amides is 1. The van der Waals surface area contributed by atoms with Gasteiger partial charge in [-0.15, -0.1) is 0 Å². The maximum atomic E-state index is 13.1. The first kappa shape index (κ1) is 17.9. The Morgan fingerprint density at radius 1 is 0.714 bits per heavy atom. The molecule has 0 saturated carbocycles. The second-order valence-corrected chi connectivity index (χ2v) is 6.84. The highest BCUT2D eigenvalue weighted by Gasteiger charge is 2.24. The minimum absolute atomic E-state index is 0.0942. The highest BCUT2D eigenvalue weighted by Crippen LogP contribution is 2.24. The quantitative estimate of drug-likeness (QED) is 0.618. The Kier molecular flexibility index (Phi) is 5.16. The SMILES string of the molecule is O=C(c1ccccc1)c1ccccc1C(=O)N1CC=C(c2ccccc2)CC1. The highest BCUT2D eigenvalue weighted by molar-refractivity contribution is 6.15. The number of benzene rings is 3. The Morgan fingerprint density at radius 2 is 1.32 bits per heavy atom. The number of carbonyl (C=O) groups excluding carboxylic acids is 2. The lowest BCUT2D eigenvalue weighted by atomic mass is 9.96. The number of hydrogen-bond acceptors (Lipinski definition) is 2. The fraction of sp³-hybridized carbons (Fsp3) is 0.120. The van der Waals surface area contributed by atoms with E-state index in [0.717, 1.165) is 6.42 Å². The van der Waals surface area contributed by atoms with E-state index >= 15 is 0 Å². The molecule has 1 aliphatic heterocycles. The zero-order valence-corrected chi connectivity index (χ0v) is 15.5. The van der Waals surface area contributed by atoms with Crippen molar-refractivity contribution in [3.05, 3.63) is 113 Å². The van der Waals surface area contributed by atoms with Crippen molar-refractivity contribution in [3.63, 3.8) is 0 Å². The zero-order chi connectivity index (χ0) is 19.3.